The average Bonchev–Trinajstić information content (AvgIpc) is 2.98. The van der Waals surface area contributed by atoms with Gasteiger partial charge in [0, 0.05) is 36.2 Å². The van der Waals surface area contributed by atoms with Crippen molar-refractivity contribution in [1.29, 1.82) is 0 Å². The summed E-state index contributed by atoms with van der Waals surface area (Å²) in [5.74, 6) is -0.451. The second-order valence-corrected chi connectivity index (χ2v) is 7.41. The molecular formula is C21H22BrN3O3. The third-order valence-corrected chi connectivity index (χ3v) is 5.37. The van der Waals surface area contributed by atoms with Gasteiger partial charge in [0.05, 0.1) is 12.1 Å². The highest BCUT2D eigenvalue weighted by molar-refractivity contribution is 9.10. The molecule has 2 aromatic carbocycles. The molecule has 1 fully saturated rings. The van der Waals surface area contributed by atoms with Crippen molar-refractivity contribution in [2.24, 2.45) is 0 Å². The molecule has 1 aliphatic heterocycles. The van der Waals surface area contributed by atoms with Crippen LogP contribution in [0.1, 0.15) is 27.1 Å². The molecule has 28 heavy (non-hydrogen) atoms. The summed E-state index contributed by atoms with van der Waals surface area (Å²) in [6, 6.07) is 16.1. The van der Waals surface area contributed by atoms with Gasteiger partial charge in [0.1, 0.15) is 0 Å². The molecule has 3 amide bonds. The number of nitrogens with one attached hydrogen (secondary N) is 1. The first-order valence-corrected chi connectivity index (χ1v) is 10.0. The maximum Gasteiger partial charge on any atom is 0.255 e. The van der Waals surface area contributed by atoms with Crippen LogP contribution in [0, 0.1) is 0 Å². The molecule has 0 spiro atoms. The summed E-state index contributed by atoms with van der Waals surface area (Å²) in [6.07, 6.45) is 0.703. The van der Waals surface area contributed by atoms with Gasteiger partial charge in [0.25, 0.3) is 11.8 Å². The van der Waals surface area contributed by atoms with Crippen LogP contribution in [0.4, 0.5) is 0 Å². The number of benzene rings is 2. The third kappa shape index (κ3) is 4.98. The Hall–Kier alpha value is -2.67. The van der Waals surface area contributed by atoms with E-state index in [2.05, 4.69) is 21.2 Å². The summed E-state index contributed by atoms with van der Waals surface area (Å²) < 4.78 is 0.765. The fourth-order valence-electron chi connectivity index (χ4n) is 3.13. The zero-order valence-corrected chi connectivity index (χ0v) is 17.0. The lowest BCUT2D eigenvalue weighted by Crippen LogP contribution is -2.42. The van der Waals surface area contributed by atoms with Crippen molar-refractivity contribution in [3.63, 3.8) is 0 Å². The molecule has 3 rings (SSSR count). The number of carbonyl (C=O) groups excluding carboxylic acids is 3. The van der Waals surface area contributed by atoms with Gasteiger partial charge < -0.3 is 15.1 Å². The van der Waals surface area contributed by atoms with Crippen LogP contribution < -0.4 is 5.32 Å². The number of carbonyl (C=O) groups is 3. The third-order valence-electron chi connectivity index (χ3n) is 4.68. The molecule has 0 aromatic heterocycles. The summed E-state index contributed by atoms with van der Waals surface area (Å²) in [4.78, 5) is 40.8. The van der Waals surface area contributed by atoms with E-state index in [9.17, 15) is 14.4 Å². The van der Waals surface area contributed by atoms with E-state index < -0.39 is 0 Å². The number of hydrogen-bond donors (Lipinski definition) is 1. The number of halogens is 1. The monoisotopic (exact) mass is 443 g/mol. The van der Waals surface area contributed by atoms with Gasteiger partial charge in [-0.25, -0.2) is 0 Å². The van der Waals surface area contributed by atoms with Gasteiger partial charge in [-0.05, 0) is 46.6 Å². The molecule has 7 heteroatoms. The predicted molar refractivity (Wildman–Crippen MR) is 110 cm³/mol. The molecule has 0 atom stereocenters. The SMILES string of the molecule is O=C(NCC(=O)N1CCCN(C(=O)c2ccccc2Br)CC1)c1ccccc1. The van der Waals surface area contributed by atoms with Crippen molar-refractivity contribution in [3.8, 4) is 0 Å². The summed E-state index contributed by atoms with van der Waals surface area (Å²) >= 11 is 3.42. The summed E-state index contributed by atoms with van der Waals surface area (Å²) in [5, 5.41) is 2.67. The molecule has 146 valence electrons. The van der Waals surface area contributed by atoms with Crippen LogP contribution in [-0.4, -0.2) is 60.2 Å². The van der Waals surface area contributed by atoms with Crippen LogP contribution in [-0.2, 0) is 4.79 Å². The van der Waals surface area contributed by atoms with Crippen molar-refractivity contribution in [1.82, 2.24) is 15.1 Å². The lowest BCUT2D eigenvalue weighted by molar-refractivity contribution is -0.129. The van der Waals surface area contributed by atoms with Crippen LogP contribution in [0.3, 0.4) is 0 Å². The van der Waals surface area contributed by atoms with E-state index in [0.29, 0.717) is 43.7 Å². The lowest BCUT2D eigenvalue weighted by Gasteiger charge is -2.22. The first kappa shape index (κ1) is 20.1. The van der Waals surface area contributed by atoms with E-state index in [1.165, 1.54) is 0 Å². The highest BCUT2D eigenvalue weighted by atomic mass is 79.9. The maximum atomic E-state index is 12.8. The van der Waals surface area contributed by atoms with Gasteiger partial charge in [-0.3, -0.25) is 14.4 Å². The molecule has 2 aromatic rings. The first-order valence-electron chi connectivity index (χ1n) is 9.21. The summed E-state index contributed by atoms with van der Waals surface area (Å²) in [5.41, 5.74) is 1.15. The fourth-order valence-corrected chi connectivity index (χ4v) is 3.59. The van der Waals surface area contributed by atoms with Gasteiger partial charge in [0.15, 0.2) is 0 Å². The van der Waals surface area contributed by atoms with Crippen molar-refractivity contribution >= 4 is 33.7 Å². The minimum Gasteiger partial charge on any atom is -0.343 e. The van der Waals surface area contributed by atoms with Crippen LogP contribution in [0.15, 0.2) is 59.1 Å². The minimum atomic E-state index is -0.269. The first-order chi connectivity index (χ1) is 13.6. The minimum absolute atomic E-state index is 0.0424. The molecule has 0 radical (unpaired) electrons. The Morgan fingerprint density at radius 3 is 2.25 bits per heavy atom. The van der Waals surface area contributed by atoms with Crippen LogP contribution in [0.5, 0.6) is 0 Å². The van der Waals surface area contributed by atoms with Crippen LogP contribution >= 0.6 is 15.9 Å². The van der Waals surface area contributed by atoms with Crippen LogP contribution in [0.2, 0.25) is 0 Å². The Balaban J connectivity index is 1.53. The van der Waals surface area contributed by atoms with E-state index in [4.69, 9.17) is 0 Å². The zero-order valence-electron chi connectivity index (χ0n) is 15.4. The zero-order chi connectivity index (χ0) is 19.9. The van der Waals surface area contributed by atoms with Crippen LogP contribution in [0.25, 0.3) is 0 Å². The molecule has 0 unspecified atom stereocenters. The number of hydrogen-bond acceptors (Lipinski definition) is 3. The number of amides is 3. The summed E-state index contributed by atoms with van der Waals surface area (Å²) in [6.45, 7) is 2.04. The smallest absolute Gasteiger partial charge is 0.255 e. The molecule has 1 aliphatic rings. The quantitative estimate of drug-likeness (QED) is 0.788. The van der Waals surface area contributed by atoms with Gasteiger partial charge in [-0.1, -0.05) is 30.3 Å². The van der Waals surface area contributed by atoms with Gasteiger partial charge in [-0.15, -0.1) is 0 Å². The Morgan fingerprint density at radius 2 is 1.50 bits per heavy atom. The van der Waals surface area contributed by atoms with Crippen molar-refractivity contribution in [2.75, 3.05) is 32.7 Å². The maximum absolute atomic E-state index is 12.8. The average molecular weight is 444 g/mol. The molecule has 0 aliphatic carbocycles. The second-order valence-electron chi connectivity index (χ2n) is 6.56. The largest absolute Gasteiger partial charge is 0.343 e. The fraction of sp³-hybridized carbons (Fsp3) is 0.286. The Labute approximate surface area is 172 Å². The number of nitrogens with zero attached hydrogens (tertiary/aromatic N) is 2. The Morgan fingerprint density at radius 1 is 0.857 bits per heavy atom. The van der Waals surface area contributed by atoms with Crippen molar-refractivity contribution in [3.05, 3.63) is 70.2 Å². The molecule has 1 heterocycles. The van der Waals surface area contributed by atoms with Gasteiger partial charge >= 0.3 is 0 Å². The van der Waals surface area contributed by atoms with E-state index >= 15 is 0 Å². The second kappa shape index (κ2) is 9.50. The highest BCUT2D eigenvalue weighted by Gasteiger charge is 2.24. The molecule has 1 saturated heterocycles. The topological polar surface area (TPSA) is 69.7 Å². The van der Waals surface area contributed by atoms with Crippen molar-refractivity contribution < 1.29 is 14.4 Å². The van der Waals surface area contributed by atoms with E-state index in [-0.39, 0.29) is 24.3 Å². The number of rotatable bonds is 4. The van der Waals surface area contributed by atoms with E-state index in [0.717, 1.165) is 4.47 Å². The normalized spacial score (nSPS) is 14.3. The molecule has 0 bridgehead atoms. The Kier molecular flexibility index (Phi) is 6.81. The molecule has 0 saturated carbocycles. The van der Waals surface area contributed by atoms with E-state index in [1.807, 2.05) is 24.3 Å². The van der Waals surface area contributed by atoms with Gasteiger partial charge in [0.2, 0.25) is 5.91 Å². The predicted octanol–water partition coefficient (Wildman–Crippen LogP) is 2.55. The van der Waals surface area contributed by atoms with Crippen molar-refractivity contribution in [2.45, 2.75) is 6.42 Å². The lowest BCUT2D eigenvalue weighted by atomic mass is 10.2. The molecular weight excluding hydrogens is 422 g/mol. The van der Waals surface area contributed by atoms with E-state index in [1.54, 1.807) is 40.1 Å². The summed E-state index contributed by atoms with van der Waals surface area (Å²) in [7, 11) is 0. The van der Waals surface area contributed by atoms with Gasteiger partial charge in [-0.2, -0.15) is 0 Å². The molecule has 6 nitrogen and oxygen atoms in total. The Bertz CT molecular complexity index is 857. The highest BCUT2D eigenvalue weighted by Crippen LogP contribution is 2.18. The standard InChI is InChI=1S/C21H22BrN3O3/c22-18-10-5-4-9-17(18)21(28)25-12-6-11-24(13-14-25)19(26)15-23-20(27)16-7-2-1-3-8-16/h1-5,7-10H,6,11-15H2,(H,23,27). The molecule has 1 N–H and O–H groups in total.